The number of hydrogen-bond donors (Lipinski definition) is 1. The summed E-state index contributed by atoms with van der Waals surface area (Å²) in [7, 11) is 1.54. The Kier molecular flexibility index (Phi) is 3.42. The molecule has 5 heteroatoms. The molecule has 0 saturated heterocycles. The van der Waals surface area contributed by atoms with Crippen LogP contribution < -0.4 is 10.1 Å². The van der Waals surface area contributed by atoms with E-state index in [2.05, 4.69) is 27.2 Å². The summed E-state index contributed by atoms with van der Waals surface area (Å²) in [5, 5.41) is 3.07. The van der Waals surface area contributed by atoms with E-state index >= 15 is 0 Å². The summed E-state index contributed by atoms with van der Waals surface area (Å²) in [6.45, 7) is 4.74. The number of hydrogen-bond acceptors (Lipinski definition) is 5. The topological polar surface area (TPSA) is 59.9 Å². The van der Waals surface area contributed by atoms with E-state index in [9.17, 15) is 0 Å². The highest BCUT2D eigenvalue weighted by atomic mass is 16.5. The van der Waals surface area contributed by atoms with Crippen LogP contribution in [0, 0.1) is 6.92 Å². The van der Waals surface area contributed by atoms with Gasteiger partial charge in [-0.3, -0.25) is 0 Å². The van der Waals surface area contributed by atoms with E-state index in [-0.39, 0.29) is 0 Å². The minimum atomic E-state index is 0.353. The fourth-order valence-electron chi connectivity index (χ4n) is 0.864. The van der Waals surface area contributed by atoms with Gasteiger partial charge in [0.05, 0.1) is 7.11 Å². The van der Waals surface area contributed by atoms with E-state index in [1.54, 1.807) is 14.0 Å². The van der Waals surface area contributed by atoms with Gasteiger partial charge in [-0.15, -0.1) is 0 Å². The molecule has 5 nitrogen and oxygen atoms in total. The number of aryl methyl sites for hydroxylation is 1. The average Bonchev–Trinajstić information content (AvgIpc) is 2.14. The van der Waals surface area contributed by atoms with Gasteiger partial charge in [0.2, 0.25) is 5.95 Å². The fraction of sp³-hybridized carbons (Fsp3) is 0.625. The van der Waals surface area contributed by atoms with Crippen molar-refractivity contribution in [3.8, 4) is 6.01 Å². The summed E-state index contributed by atoms with van der Waals surface area (Å²) >= 11 is 0. The Labute approximate surface area is 77.6 Å². The molecule has 0 radical (unpaired) electrons. The lowest BCUT2D eigenvalue weighted by atomic mass is 10.5. The molecule has 1 rings (SSSR count). The Morgan fingerprint density at radius 2 is 2.08 bits per heavy atom. The maximum Gasteiger partial charge on any atom is 0.321 e. The standard InChI is InChI=1S/C8H14N4O/c1-4-5-9-7-10-6(2)11-8(12-7)13-3/h4-5H2,1-3H3,(H,9,10,11,12). The Hall–Kier alpha value is -1.39. The molecular formula is C8H14N4O. The summed E-state index contributed by atoms with van der Waals surface area (Å²) < 4.78 is 4.91. The van der Waals surface area contributed by atoms with Crippen LogP contribution in [-0.4, -0.2) is 28.6 Å². The zero-order valence-electron chi connectivity index (χ0n) is 8.16. The number of aromatic nitrogens is 3. The molecule has 0 amide bonds. The average molecular weight is 182 g/mol. The van der Waals surface area contributed by atoms with E-state index in [0.717, 1.165) is 13.0 Å². The van der Waals surface area contributed by atoms with Crippen LogP contribution in [-0.2, 0) is 0 Å². The molecule has 1 heterocycles. The molecule has 0 fully saturated rings. The van der Waals surface area contributed by atoms with Gasteiger partial charge in [-0.2, -0.15) is 15.0 Å². The lowest BCUT2D eigenvalue weighted by Gasteiger charge is -2.04. The molecule has 0 aliphatic rings. The number of anilines is 1. The van der Waals surface area contributed by atoms with Crippen LogP contribution in [0.1, 0.15) is 19.2 Å². The molecule has 0 spiro atoms. The van der Waals surface area contributed by atoms with Gasteiger partial charge in [-0.25, -0.2) is 0 Å². The van der Waals surface area contributed by atoms with Crippen LogP contribution >= 0.6 is 0 Å². The van der Waals surface area contributed by atoms with Crippen molar-refractivity contribution in [3.05, 3.63) is 5.82 Å². The lowest BCUT2D eigenvalue weighted by Crippen LogP contribution is -2.07. The fourth-order valence-corrected chi connectivity index (χ4v) is 0.864. The van der Waals surface area contributed by atoms with Crippen LogP contribution in [0.4, 0.5) is 5.95 Å². The number of nitrogens with zero attached hydrogens (tertiary/aromatic N) is 3. The third-order valence-corrected chi connectivity index (χ3v) is 1.44. The highest BCUT2D eigenvalue weighted by molar-refractivity contribution is 5.25. The minimum Gasteiger partial charge on any atom is -0.467 e. The number of nitrogens with one attached hydrogen (secondary N) is 1. The molecule has 13 heavy (non-hydrogen) atoms. The molecular weight excluding hydrogens is 168 g/mol. The van der Waals surface area contributed by atoms with Crippen LogP contribution in [0.2, 0.25) is 0 Å². The molecule has 1 aromatic heterocycles. The van der Waals surface area contributed by atoms with Crippen molar-refractivity contribution in [2.45, 2.75) is 20.3 Å². The molecule has 0 aliphatic carbocycles. The lowest BCUT2D eigenvalue weighted by molar-refractivity contribution is 0.377. The first kappa shape index (κ1) is 9.70. The van der Waals surface area contributed by atoms with Crippen LogP contribution in [0.3, 0.4) is 0 Å². The summed E-state index contributed by atoms with van der Waals surface area (Å²) in [5.41, 5.74) is 0. The summed E-state index contributed by atoms with van der Waals surface area (Å²) in [6.07, 6.45) is 1.03. The molecule has 0 saturated carbocycles. The van der Waals surface area contributed by atoms with E-state index in [4.69, 9.17) is 4.74 Å². The number of methoxy groups -OCH3 is 1. The maximum atomic E-state index is 4.91. The van der Waals surface area contributed by atoms with E-state index < -0.39 is 0 Å². The zero-order valence-corrected chi connectivity index (χ0v) is 8.16. The largest absolute Gasteiger partial charge is 0.467 e. The Morgan fingerprint density at radius 1 is 1.31 bits per heavy atom. The first-order valence-corrected chi connectivity index (χ1v) is 4.26. The van der Waals surface area contributed by atoms with Gasteiger partial charge in [0, 0.05) is 6.54 Å². The second-order valence-electron chi connectivity index (χ2n) is 2.62. The quantitative estimate of drug-likeness (QED) is 0.753. The summed E-state index contributed by atoms with van der Waals surface area (Å²) in [6, 6.07) is 0.353. The molecule has 0 aliphatic heterocycles. The molecule has 1 aromatic rings. The van der Waals surface area contributed by atoms with Crippen molar-refractivity contribution in [1.29, 1.82) is 0 Å². The first-order valence-electron chi connectivity index (χ1n) is 4.26. The van der Waals surface area contributed by atoms with Gasteiger partial charge in [0.15, 0.2) is 0 Å². The highest BCUT2D eigenvalue weighted by Crippen LogP contribution is 2.05. The molecule has 1 N–H and O–H groups in total. The van der Waals surface area contributed by atoms with E-state index in [1.807, 2.05) is 0 Å². The normalized spacial score (nSPS) is 9.77. The van der Waals surface area contributed by atoms with Crippen LogP contribution in [0.25, 0.3) is 0 Å². The molecule has 72 valence electrons. The van der Waals surface area contributed by atoms with Gasteiger partial charge in [0.1, 0.15) is 5.82 Å². The Bertz CT molecular complexity index is 277. The smallest absolute Gasteiger partial charge is 0.321 e. The predicted octanol–water partition coefficient (Wildman–Crippen LogP) is 1.01. The van der Waals surface area contributed by atoms with Crippen LogP contribution in [0.15, 0.2) is 0 Å². The molecule has 0 aromatic carbocycles. The monoisotopic (exact) mass is 182 g/mol. The van der Waals surface area contributed by atoms with Crippen molar-refractivity contribution in [3.63, 3.8) is 0 Å². The molecule has 0 bridgehead atoms. The van der Waals surface area contributed by atoms with Crippen molar-refractivity contribution in [2.24, 2.45) is 0 Å². The second kappa shape index (κ2) is 4.59. The van der Waals surface area contributed by atoms with Gasteiger partial charge < -0.3 is 10.1 Å². The van der Waals surface area contributed by atoms with Crippen molar-refractivity contribution < 1.29 is 4.74 Å². The van der Waals surface area contributed by atoms with Gasteiger partial charge in [-0.1, -0.05) is 6.92 Å². The second-order valence-corrected chi connectivity index (χ2v) is 2.62. The van der Waals surface area contributed by atoms with E-state index in [0.29, 0.717) is 17.8 Å². The summed E-state index contributed by atoms with van der Waals surface area (Å²) in [4.78, 5) is 12.1. The summed E-state index contributed by atoms with van der Waals surface area (Å²) in [5.74, 6) is 1.23. The Balaban J connectivity index is 2.76. The molecule has 0 unspecified atom stereocenters. The van der Waals surface area contributed by atoms with E-state index in [1.165, 1.54) is 0 Å². The van der Waals surface area contributed by atoms with Crippen molar-refractivity contribution >= 4 is 5.95 Å². The van der Waals surface area contributed by atoms with Crippen LogP contribution in [0.5, 0.6) is 6.01 Å². The van der Waals surface area contributed by atoms with Gasteiger partial charge in [-0.05, 0) is 13.3 Å². The third kappa shape index (κ3) is 2.85. The number of ether oxygens (including phenoxy) is 1. The molecule has 0 atom stereocenters. The van der Waals surface area contributed by atoms with Gasteiger partial charge in [0.25, 0.3) is 0 Å². The van der Waals surface area contributed by atoms with Crippen molar-refractivity contribution in [2.75, 3.05) is 19.0 Å². The minimum absolute atomic E-state index is 0.353. The third-order valence-electron chi connectivity index (χ3n) is 1.44. The predicted molar refractivity (Wildman–Crippen MR) is 49.9 cm³/mol. The SMILES string of the molecule is CCCNc1nc(C)nc(OC)n1. The first-order chi connectivity index (χ1) is 6.26. The van der Waals surface area contributed by atoms with Gasteiger partial charge >= 0.3 is 6.01 Å². The maximum absolute atomic E-state index is 4.91. The number of rotatable bonds is 4. The Morgan fingerprint density at radius 3 is 2.69 bits per heavy atom. The highest BCUT2D eigenvalue weighted by Gasteiger charge is 2.01. The zero-order chi connectivity index (χ0) is 9.68. The van der Waals surface area contributed by atoms with Crippen molar-refractivity contribution in [1.82, 2.24) is 15.0 Å².